The van der Waals surface area contributed by atoms with E-state index >= 15 is 0 Å². The zero-order chi connectivity index (χ0) is 16.6. The van der Waals surface area contributed by atoms with E-state index in [1.807, 2.05) is 12.1 Å². The summed E-state index contributed by atoms with van der Waals surface area (Å²) in [6.07, 6.45) is 6.44. The van der Waals surface area contributed by atoms with Gasteiger partial charge in [-0.15, -0.1) is 0 Å². The molecular formula is C20H25NO3. The molecule has 1 fully saturated rings. The minimum Gasteiger partial charge on any atom is -0.381 e. The van der Waals surface area contributed by atoms with Gasteiger partial charge in [0.15, 0.2) is 5.78 Å². The van der Waals surface area contributed by atoms with Crippen molar-refractivity contribution in [1.82, 2.24) is 5.16 Å². The van der Waals surface area contributed by atoms with Crippen molar-refractivity contribution in [3.63, 3.8) is 0 Å². The normalized spacial score (nSPS) is 15.5. The second-order valence-electron chi connectivity index (χ2n) is 6.54. The average Bonchev–Trinajstić information content (AvgIpc) is 3.10. The van der Waals surface area contributed by atoms with Crippen LogP contribution in [0, 0.1) is 5.92 Å². The summed E-state index contributed by atoms with van der Waals surface area (Å²) < 4.78 is 10.7. The van der Waals surface area contributed by atoms with E-state index < -0.39 is 0 Å². The summed E-state index contributed by atoms with van der Waals surface area (Å²) in [6, 6.07) is 12.2. The largest absolute Gasteiger partial charge is 0.381 e. The number of carbonyl (C=O) groups excluding carboxylic acids is 1. The molecule has 1 aliphatic heterocycles. The maximum absolute atomic E-state index is 12.2. The zero-order valence-electron chi connectivity index (χ0n) is 14.1. The van der Waals surface area contributed by atoms with Gasteiger partial charge in [0.2, 0.25) is 0 Å². The van der Waals surface area contributed by atoms with Gasteiger partial charge in [-0.1, -0.05) is 35.5 Å². The lowest BCUT2D eigenvalue weighted by molar-refractivity contribution is 0.0618. The van der Waals surface area contributed by atoms with Crippen molar-refractivity contribution in [3.05, 3.63) is 53.4 Å². The van der Waals surface area contributed by atoms with Crippen LogP contribution in [0.25, 0.3) is 0 Å². The molecule has 0 aliphatic carbocycles. The quantitative estimate of drug-likeness (QED) is 0.681. The Morgan fingerprint density at radius 3 is 2.71 bits per heavy atom. The Morgan fingerprint density at radius 1 is 1.12 bits per heavy atom. The van der Waals surface area contributed by atoms with E-state index in [1.165, 1.54) is 5.56 Å². The van der Waals surface area contributed by atoms with Gasteiger partial charge >= 0.3 is 0 Å². The standard InChI is InChI=1S/C20H25NO3/c22-20(10-9-17-11-13-23-14-12-17)19-15-18(24-21-19)8-4-7-16-5-2-1-3-6-16/h1-3,5-6,15,17H,4,7-14H2. The first-order valence-electron chi connectivity index (χ1n) is 8.92. The van der Waals surface area contributed by atoms with Crippen molar-refractivity contribution in [1.29, 1.82) is 0 Å². The van der Waals surface area contributed by atoms with Gasteiger partial charge in [-0.05, 0) is 43.6 Å². The maximum atomic E-state index is 12.2. The number of aromatic nitrogens is 1. The fourth-order valence-corrected chi connectivity index (χ4v) is 3.17. The molecule has 1 aromatic heterocycles. The number of nitrogens with zero attached hydrogens (tertiary/aromatic N) is 1. The topological polar surface area (TPSA) is 52.3 Å². The molecule has 0 amide bonds. The minimum atomic E-state index is 0.0968. The number of hydrogen-bond donors (Lipinski definition) is 0. The molecule has 0 N–H and O–H groups in total. The number of ketones is 1. The SMILES string of the molecule is O=C(CCC1CCOCC1)c1cc(CCCc2ccccc2)on1. The van der Waals surface area contributed by atoms with E-state index in [0.717, 1.165) is 57.5 Å². The molecule has 3 rings (SSSR count). The highest BCUT2D eigenvalue weighted by Crippen LogP contribution is 2.21. The third kappa shape index (κ3) is 5.03. The highest BCUT2D eigenvalue weighted by molar-refractivity contribution is 5.94. The number of hydrogen-bond acceptors (Lipinski definition) is 4. The fourth-order valence-electron chi connectivity index (χ4n) is 3.17. The number of Topliss-reactive ketones (excluding diaryl/α,β-unsaturated/α-hetero) is 1. The van der Waals surface area contributed by atoms with Crippen LogP contribution in [0.5, 0.6) is 0 Å². The molecule has 24 heavy (non-hydrogen) atoms. The Kier molecular flexibility index (Phi) is 6.19. The predicted octanol–water partition coefficient (Wildman–Crippen LogP) is 4.24. The molecule has 1 aliphatic rings. The molecule has 4 nitrogen and oxygen atoms in total. The summed E-state index contributed by atoms with van der Waals surface area (Å²) in [5, 5.41) is 3.96. The van der Waals surface area contributed by atoms with Crippen LogP contribution in [0.15, 0.2) is 40.9 Å². The van der Waals surface area contributed by atoms with Crippen molar-refractivity contribution in [2.45, 2.75) is 44.9 Å². The summed E-state index contributed by atoms with van der Waals surface area (Å²) in [7, 11) is 0. The number of rotatable bonds is 8. The Labute approximate surface area is 143 Å². The van der Waals surface area contributed by atoms with E-state index in [1.54, 1.807) is 0 Å². The van der Waals surface area contributed by atoms with Crippen LogP contribution in [0.2, 0.25) is 0 Å². The van der Waals surface area contributed by atoms with Crippen LogP contribution in [0.3, 0.4) is 0 Å². The summed E-state index contributed by atoms with van der Waals surface area (Å²) in [5.74, 6) is 1.51. The first-order chi connectivity index (χ1) is 11.8. The van der Waals surface area contributed by atoms with Gasteiger partial charge in [-0.25, -0.2) is 0 Å². The smallest absolute Gasteiger partial charge is 0.184 e. The fraction of sp³-hybridized carbons (Fsp3) is 0.500. The van der Waals surface area contributed by atoms with E-state index in [4.69, 9.17) is 9.26 Å². The Balaban J connectivity index is 1.41. The molecule has 0 bridgehead atoms. The van der Waals surface area contributed by atoms with E-state index in [2.05, 4.69) is 29.4 Å². The number of aryl methyl sites for hydroxylation is 2. The molecule has 0 spiro atoms. The van der Waals surface area contributed by atoms with Crippen molar-refractivity contribution in [2.75, 3.05) is 13.2 Å². The monoisotopic (exact) mass is 327 g/mol. The Bertz CT molecular complexity index is 629. The summed E-state index contributed by atoms with van der Waals surface area (Å²) in [5.41, 5.74) is 1.81. The minimum absolute atomic E-state index is 0.0968. The van der Waals surface area contributed by atoms with Gasteiger partial charge in [0.1, 0.15) is 11.5 Å². The van der Waals surface area contributed by atoms with E-state index in [-0.39, 0.29) is 5.78 Å². The Hall–Kier alpha value is -1.94. The van der Waals surface area contributed by atoms with Gasteiger partial charge < -0.3 is 9.26 Å². The molecule has 128 valence electrons. The molecular weight excluding hydrogens is 302 g/mol. The highest BCUT2D eigenvalue weighted by Gasteiger charge is 2.18. The second kappa shape index (κ2) is 8.78. The first-order valence-corrected chi connectivity index (χ1v) is 8.92. The van der Waals surface area contributed by atoms with Crippen LogP contribution < -0.4 is 0 Å². The van der Waals surface area contributed by atoms with E-state index in [0.29, 0.717) is 18.0 Å². The summed E-state index contributed by atoms with van der Waals surface area (Å²) >= 11 is 0. The summed E-state index contributed by atoms with van der Waals surface area (Å²) in [4.78, 5) is 12.2. The number of ether oxygens (including phenoxy) is 1. The third-order valence-corrected chi connectivity index (χ3v) is 4.70. The van der Waals surface area contributed by atoms with Crippen molar-refractivity contribution in [3.8, 4) is 0 Å². The van der Waals surface area contributed by atoms with Gasteiger partial charge in [-0.3, -0.25) is 4.79 Å². The van der Waals surface area contributed by atoms with Crippen molar-refractivity contribution >= 4 is 5.78 Å². The van der Waals surface area contributed by atoms with Crippen LogP contribution >= 0.6 is 0 Å². The lowest BCUT2D eigenvalue weighted by Gasteiger charge is -2.21. The molecule has 0 atom stereocenters. The van der Waals surface area contributed by atoms with Crippen LogP contribution in [0.4, 0.5) is 0 Å². The second-order valence-corrected chi connectivity index (χ2v) is 6.54. The first kappa shape index (κ1) is 16.9. The molecule has 0 saturated carbocycles. The molecule has 1 aromatic carbocycles. The maximum Gasteiger partial charge on any atom is 0.184 e. The van der Waals surface area contributed by atoms with Gasteiger partial charge in [-0.2, -0.15) is 0 Å². The van der Waals surface area contributed by atoms with Crippen LogP contribution in [0.1, 0.15) is 53.9 Å². The lowest BCUT2D eigenvalue weighted by atomic mass is 9.93. The molecule has 2 aromatic rings. The van der Waals surface area contributed by atoms with E-state index in [9.17, 15) is 4.79 Å². The summed E-state index contributed by atoms with van der Waals surface area (Å²) in [6.45, 7) is 1.66. The van der Waals surface area contributed by atoms with Gasteiger partial charge in [0, 0.05) is 32.1 Å². The number of carbonyl (C=O) groups is 1. The van der Waals surface area contributed by atoms with Gasteiger partial charge in [0.25, 0.3) is 0 Å². The molecule has 0 unspecified atom stereocenters. The Morgan fingerprint density at radius 2 is 1.92 bits per heavy atom. The highest BCUT2D eigenvalue weighted by atomic mass is 16.5. The van der Waals surface area contributed by atoms with Crippen molar-refractivity contribution < 1.29 is 14.1 Å². The molecule has 4 heteroatoms. The van der Waals surface area contributed by atoms with Crippen molar-refractivity contribution in [2.24, 2.45) is 5.92 Å². The molecule has 2 heterocycles. The zero-order valence-corrected chi connectivity index (χ0v) is 14.1. The molecule has 0 radical (unpaired) electrons. The molecule has 1 saturated heterocycles. The van der Waals surface area contributed by atoms with Crippen LogP contribution in [-0.4, -0.2) is 24.2 Å². The average molecular weight is 327 g/mol. The lowest BCUT2D eigenvalue weighted by Crippen LogP contribution is -2.16. The van der Waals surface area contributed by atoms with Crippen LogP contribution in [-0.2, 0) is 17.6 Å². The predicted molar refractivity (Wildman–Crippen MR) is 92.1 cm³/mol. The van der Waals surface area contributed by atoms with Gasteiger partial charge in [0.05, 0.1) is 0 Å². The third-order valence-electron chi connectivity index (χ3n) is 4.70. The number of benzene rings is 1.